The molecule has 0 saturated heterocycles. The quantitative estimate of drug-likeness (QED) is 0.551. The molecule has 0 bridgehead atoms. The highest BCUT2D eigenvalue weighted by molar-refractivity contribution is 6.30. The molecule has 1 aliphatic heterocycles. The van der Waals surface area contributed by atoms with Gasteiger partial charge in [0.25, 0.3) is 0 Å². The van der Waals surface area contributed by atoms with Gasteiger partial charge >= 0.3 is 0 Å². The maximum Gasteiger partial charge on any atom is 0.224 e. The number of hydrogen-bond acceptors (Lipinski definition) is 2. The van der Waals surface area contributed by atoms with Gasteiger partial charge in [-0.1, -0.05) is 41.9 Å². The number of rotatable bonds is 1. The lowest BCUT2D eigenvalue weighted by atomic mass is 9.91. The summed E-state index contributed by atoms with van der Waals surface area (Å²) < 4.78 is 0. The minimum atomic E-state index is -0.000694. The van der Waals surface area contributed by atoms with Crippen molar-refractivity contribution in [3.63, 3.8) is 0 Å². The molecule has 0 saturated carbocycles. The average Bonchev–Trinajstić information content (AvgIpc) is 2.69. The first-order chi connectivity index (χ1) is 13.6. The molecule has 0 atom stereocenters. The third-order valence-corrected chi connectivity index (χ3v) is 5.50. The SMILES string of the molecule is CC(=O)N1Cc2cc(-c3ccccc3C#N)ccc2CCc2cc(Cl)ccc21. The van der Waals surface area contributed by atoms with Crippen molar-refractivity contribution in [1.82, 2.24) is 0 Å². The van der Waals surface area contributed by atoms with E-state index < -0.39 is 0 Å². The van der Waals surface area contributed by atoms with Crippen LogP contribution in [0.2, 0.25) is 5.02 Å². The van der Waals surface area contributed by atoms with Crippen LogP contribution in [0.25, 0.3) is 11.1 Å². The summed E-state index contributed by atoms with van der Waals surface area (Å²) in [7, 11) is 0. The topological polar surface area (TPSA) is 44.1 Å². The number of fused-ring (bicyclic) bond motifs is 2. The minimum Gasteiger partial charge on any atom is -0.308 e. The Hall–Kier alpha value is -3.09. The van der Waals surface area contributed by atoms with Gasteiger partial charge in [0, 0.05) is 17.6 Å². The monoisotopic (exact) mass is 386 g/mol. The Labute approximate surface area is 169 Å². The standard InChI is InChI=1S/C24H19ClN2O/c1-16(28)27-15-21-12-18(23-5-3-2-4-20(23)14-26)8-6-17(21)7-9-19-13-22(25)10-11-24(19)27/h2-6,8,10-13H,7,9,15H2,1H3. The number of aryl methyl sites for hydroxylation is 2. The molecule has 1 aliphatic rings. The van der Waals surface area contributed by atoms with E-state index in [0.29, 0.717) is 17.1 Å². The van der Waals surface area contributed by atoms with Crippen molar-refractivity contribution >= 4 is 23.2 Å². The van der Waals surface area contributed by atoms with Gasteiger partial charge in [-0.15, -0.1) is 0 Å². The zero-order valence-corrected chi connectivity index (χ0v) is 16.3. The third-order valence-electron chi connectivity index (χ3n) is 5.27. The zero-order chi connectivity index (χ0) is 19.7. The third kappa shape index (κ3) is 3.40. The molecule has 3 aromatic rings. The Morgan fingerprint density at radius 3 is 2.57 bits per heavy atom. The van der Waals surface area contributed by atoms with Gasteiger partial charge in [0.2, 0.25) is 5.91 Å². The van der Waals surface area contributed by atoms with Gasteiger partial charge < -0.3 is 4.90 Å². The normalized spacial score (nSPS) is 13.0. The highest BCUT2D eigenvalue weighted by Gasteiger charge is 2.21. The number of benzene rings is 3. The maximum atomic E-state index is 12.4. The van der Waals surface area contributed by atoms with E-state index in [0.717, 1.165) is 40.8 Å². The van der Waals surface area contributed by atoms with Crippen LogP contribution in [0.15, 0.2) is 60.7 Å². The van der Waals surface area contributed by atoms with Crippen molar-refractivity contribution in [3.05, 3.63) is 87.9 Å². The molecule has 1 amide bonds. The number of anilines is 1. The molecule has 3 aromatic carbocycles. The van der Waals surface area contributed by atoms with Crippen LogP contribution in [0.1, 0.15) is 29.2 Å². The molecular formula is C24H19ClN2O. The highest BCUT2D eigenvalue weighted by Crippen LogP contribution is 2.33. The van der Waals surface area contributed by atoms with E-state index in [1.807, 2.05) is 47.4 Å². The van der Waals surface area contributed by atoms with E-state index in [4.69, 9.17) is 11.6 Å². The van der Waals surface area contributed by atoms with Crippen LogP contribution < -0.4 is 4.90 Å². The first-order valence-electron chi connectivity index (χ1n) is 9.24. The molecule has 0 radical (unpaired) electrons. The van der Waals surface area contributed by atoms with E-state index >= 15 is 0 Å². The molecule has 3 nitrogen and oxygen atoms in total. The Balaban J connectivity index is 1.80. The van der Waals surface area contributed by atoms with Gasteiger partial charge in [-0.05, 0) is 71.0 Å². The molecule has 138 valence electrons. The van der Waals surface area contributed by atoms with E-state index in [2.05, 4.69) is 24.3 Å². The van der Waals surface area contributed by atoms with Crippen LogP contribution in [0, 0.1) is 11.3 Å². The number of nitriles is 1. The lowest BCUT2D eigenvalue weighted by molar-refractivity contribution is -0.116. The second kappa shape index (κ2) is 7.50. The molecule has 4 rings (SSSR count). The molecule has 0 aromatic heterocycles. The second-order valence-electron chi connectivity index (χ2n) is 7.02. The highest BCUT2D eigenvalue weighted by atomic mass is 35.5. The fourth-order valence-corrected chi connectivity index (χ4v) is 4.04. The molecule has 0 fully saturated rings. The van der Waals surface area contributed by atoms with Crippen LogP contribution in [0.5, 0.6) is 0 Å². The predicted molar refractivity (Wildman–Crippen MR) is 112 cm³/mol. The Kier molecular flexibility index (Phi) is 4.90. The molecule has 4 heteroatoms. The summed E-state index contributed by atoms with van der Waals surface area (Å²) in [6.07, 6.45) is 1.70. The smallest absolute Gasteiger partial charge is 0.224 e. The van der Waals surface area contributed by atoms with Crippen molar-refractivity contribution in [1.29, 1.82) is 5.26 Å². The van der Waals surface area contributed by atoms with Crippen LogP contribution in [-0.2, 0) is 24.2 Å². The number of carbonyl (C=O) groups is 1. The molecule has 0 spiro atoms. The summed E-state index contributed by atoms with van der Waals surface area (Å²) >= 11 is 6.19. The van der Waals surface area contributed by atoms with Gasteiger partial charge in [0.1, 0.15) is 0 Å². The Bertz CT molecular complexity index is 1110. The number of hydrogen-bond donors (Lipinski definition) is 0. The van der Waals surface area contributed by atoms with Gasteiger partial charge in [-0.25, -0.2) is 0 Å². The molecule has 0 unspecified atom stereocenters. The van der Waals surface area contributed by atoms with E-state index in [1.165, 1.54) is 5.56 Å². The summed E-state index contributed by atoms with van der Waals surface area (Å²) in [6, 6.07) is 21.9. The van der Waals surface area contributed by atoms with E-state index in [-0.39, 0.29) is 5.91 Å². The van der Waals surface area contributed by atoms with Gasteiger partial charge in [-0.2, -0.15) is 5.26 Å². The summed E-state index contributed by atoms with van der Waals surface area (Å²) in [5.41, 5.74) is 6.90. The first kappa shape index (κ1) is 18.3. The fourth-order valence-electron chi connectivity index (χ4n) is 3.84. The minimum absolute atomic E-state index is 0.000694. The van der Waals surface area contributed by atoms with Gasteiger partial charge in [0.05, 0.1) is 18.2 Å². The Morgan fingerprint density at radius 1 is 1.00 bits per heavy atom. The van der Waals surface area contributed by atoms with Crippen molar-refractivity contribution in [3.8, 4) is 17.2 Å². The lowest BCUT2D eigenvalue weighted by Gasteiger charge is -2.28. The maximum absolute atomic E-state index is 12.4. The predicted octanol–water partition coefficient (Wildman–Crippen LogP) is 5.53. The van der Waals surface area contributed by atoms with Crippen LogP contribution in [-0.4, -0.2) is 5.91 Å². The summed E-state index contributed by atoms with van der Waals surface area (Å²) in [5.74, 6) is -0.000694. The van der Waals surface area contributed by atoms with E-state index in [9.17, 15) is 10.1 Å². The van der Waals surface area contributed by atoms with Crippen LogP contribution in [0.3, 0.4) is 0 Å². The van der Waals surface area contributed by atoms with Crippen molar-refractivity contribution in [2.24, 2.45) is 0 Å². The number of carbonyl (C=O) groups excluding carboxylic acids is 1. The molecule has 0 aliphatic carbocycles. The lowest BCUT2D eigenvalue weighted by Crippen LogP contribution is -2.30. The molecule has 28 heavy (non-hydrogen) atoms. The second-order valence-corrected chi connectivity index (χ2v) is 7.46. The van der Waals surface area contributed by atoms with Crippen LogP contribution >= 0.6 is 11.6 Å². The van der Waals surface area contributed by atoms with Gasteiger partial charge in [-0.3, -0.25) is 4.79 Å². The number of nitrogens with zero attached hydrogens (tertiary/aromatic N) is 2. The molecule has 1 heterocycles. The summed E-state index contributed by atoms with van der Waals surface area (Å²) in [5, 5.41) is 10.1. The van der Waals surface area contributed by atoms with Crippen molar-refractivity contribution in [2.75, 3.05) is 4.90 Å². The van der Waals surface area contributed by atoms with Crippen LogP contribution in [0.4, 0.5) is 5.69 Å². The summed E-state index contributed by atoms with van der Waals surface area (Å²) in [4.78, 5) is 14.2. The molecule has 0 N–H and O–H groups in total. The van der Waals surface area contributed by atoms with E-state index in [1.54, 1.807) is 6.92 Å². The Morgan fingerprint density at radius 2 is 1.79 bits per heavy atom. The van der Waals surface area contributed by atoms with Gasteiger partial charge in [0.15, 0.2) is 0 Å². The largest absolute Gasteiger partial charge is 0.308 e. The average molecular weight is 387 g/mol. The van der Waals surface area contributed by atoms with Crippen molar-refractivity contribution < 1.29 is 4.79 Å². The first-order valence-corrected chi connectivity index (χ1v) is 9.62. The fraction of sp³-hybridized carbons (Fsp3) is 0.167. The number of amides is 1. The van der Waals surface area contributed by atoms with Crippen molar-refractivity contribution in [2.45, 2.75) is 26.3 Å². The number of halogens is 1. The summed E-state index contributed by atoms with van der Waals surface area (Å²) in [6.45, 7) is 2.09. The zero-order valence-electron chi connectivity index (χ0n) is 15.6. The molecular weight excluding hydrogens is 368 g/mol.